The lowest BCUT2D eigenvalue weighted by Crippen LogP contribution is -2.19. The summed E-state index contributed by atoms with van der Waals surface area (Å²) in [6.45, 7) is 1.95. The van der Waals surface area contributed by atoms with E-state index < -0.39 is 35.0 Å². The molecule has 3 rings (SSSR count). The first-order chi connectivity index (χ1) is 13.9. The van der Waals surface area contributed by atoms with Gasteiger partial charge in [0.2, 0.25) is 0 Å². The summed E-state index contributed by atoms with van der Waals surface area (Å²) in [4.78, 5) is 28.8. The highest BCUT2D eigenvalue weighted by Crippen LogP contribution is 2.20. The fourth-order valence-corrected chi connectivity index (χ4v) is 2.63. The second-order valence-corrected chi connectivity index (χ2v) is 6.05. The standard InChI is InChI=1S/C21H16F3N3O2/c1-2-12-6-3-4-7-14(12)26-20(28)16-8-5-9-17(25-16)21(29)27-15-11-10-13(22)18(23)19(15)24/h3-11H,2H2,1H3,(H,26,28)(H,27,29). The van der Waals surface area contributed by atoms with Gasteiger partial charge in [-0.15, -0.1) is 0 Å². The van der Waals surface area contributed by atoms with Crippen molar-refractivity contribution in [1.82, 2.24) is 4.98 Å². The Morgan fingerprint density at radius 2 is 1.41 bits per heavy atom. The highest BCUT2D eigenvalue weighted by molar-refractivity contribution is 6.06. The third kappa shape index (κ3) is 4.43. The third-order valence-electron chi connectivity index (χ3n) is 4.14. The normalized spacial score (nSPS) is 10.5. The number of aromatic nitrogens is 1. The molecule has 0 saturated carbocycles. The Morgan fingerprint density at radius 3 is 2.07 bits per heavy atom. The first-order valence-corrected chi connectivity index (χ1v) is 8.72. The van der Waals surface area contributed by atoms with Crippen molar-refractivity contribution in [3.05, 3.63) is 89.0 Å². The van der Waals surface area contributed by atoms with Crippen molar-refractivity contribution in [3.8, 4) is 0 Å². The van der Waals surface area contributed by atoms with E-state index >= 15 is 0 Å². The molecule has 1 heterocycles. The number of carbonyl (C=O) groups excluding carboxylic acids is 2. The number of hydrogen-bond donors (Lipinski definition) is 2. The molecule has 0 unspecified atom stereocenters. The van der Waals surface area contributed by atoms with Crippen LogP contribution in [0, 0.1) is 17.5 Å². The maximum atomic E-state index is 13.7. The number of para-hydroxylation sites is 1. The van der Waals surface area contributed by atoms with Crippen molar-refractivity contribution < 1.29 is 22.8 Å². The van der Waals surface area contributed by atoms with E-state index in [1.165, 1.54) is 18.2 Å². The van der Waals surface area contributed by atoms with Crippen molar-refractivity contribution in [2.75, 3.05) is 10.6 Å². The Bertz CT molecular complexity index is 1090. The molecule has 0 aliphatic rings. The van der Waals surface area contributed by atoms with E-state index in [2.05, 4.69) is 15.6 Å². The minimum absolute atomic E-state index is 0.0330. The van der Waals surface area contributed by atoms with E-state index in [1.54, 1.807) is 12.1 Å². The summed E-state index contributed by atoms with van der Waals surface area (Å²) in [5, 5.41) is 4.85. The fraction of sp³-hybridized carbons (Fsp3) is 0.0952. The Balaban J connectivity index is 1.79. The molecule has 1 aromatic heterocycles. The monoisotopic (exact) mass is 399 g/mol. The van der Waals surface area contributed by atoms with Gasteiger partial charge >= 0.3 is 0 Å². The van der Waals surface area contributed by atoms with Gasteiger partial charge in [-0.3, -0.25) is 9.59 Å². The quantitative estimate of drug-likeness (QED) is 0.618. The second kappa shape index (κ2) is 8.55. The van der Waals surface area contributed by atoms with Gasteiger partial charge in [-0.1, -0.05) is 31.2 Å². The minimum atomic E-state index is -1.70. The van der Waals surface area contributed by atoms with Crippen molar-refractivity contribution in [3.63, 3.8) is 0 Å². The SMILES string of the molecule is CCc1ccccc1NC(=O)c1cccc(C(=O)Nc2ccc(F)c(F)c2F)n1. The van der Waals surface area contributed by atoms with Crippen LogP contribution in [0.2, 0.25) is 0 Å². The Hall–Kier alpha value is -3.68. The van der Waals surface area contributed by atoms with Crippen LogP contribution >= 0.6 is 0 Å². The molecule has 2 aromatic carbocycles. The molecular formula is C21H16F3N3O2. The second-order valence-electron chi connectivity index (χ2n) is 6.05. The van der Waals surface area contributed by atoms with E-state index in [4.69, 9.17) is 0 Å². The number of carbonyl (C=O) groups is 2. The van der Waals surface area contributed by atoms with E-state index in [9.17, 15) is 22.8 Å². The topological polar surface area (TPSA) is 71.1 Å². The molecule has 0 atom stereocenters. The number of nitrogens with zero attached hydrogens (tertiary/aromatic N) is 1. The van der Waals surface area contributed by atoms with Gasteiger partial charge in [0.15, 0.2) is 17.5 Å². The first kappa shape index (κ1) is 20.1. The van der Waals surface area contributed by atoms with Gasteiger partial charge in [-0.05, 0) is 42.3 Å². The Morgan fingerprint density at radius 1 is 0.793 bits per heavy atom. The van der Waals surface area contributed by atoms with Gasteiger partial charge in [-0.25, -0.2) is 18.2 Å². The van der Waals surface area contributed by atoms with Crippen LogP contribution < -0.4 is 10.6 Å². The molecular weight excluding hydrogens is 383 g/mol. The van der Waals surface area contributed by atoms with Crippen LogP contribution in [0.4, 0.5) is 24.5 Å². The fourth-order valence-electron chi connectivity index (χ4n) is 2.63. The molecule has 8 heteroatoms. The van der Waals surface area contributed by atoms with Crippen molar-refractivity contribution in [1.29, 1.82) is 0 Å². The molecule has 148 valence electrons. The molecule has 0 fully saturated rings. The van der Waals surface area contributed by atoms with Gasteiger partial charge in [-0.2, -0.15) is 0 Å². The maximum absolute atomic E-state index is 13.7. The van der Waals surface area contributed by atoms with E-state index in [-0.39, 0.29) is 11.4 Å². The summed E-state index contributed by atoms with van der Waals surface area (Å²) < 4.78 is 40.1. The highest BCUT2D eigenvalue weighted by Gasteiger charge is 2.18. The van der Waals surface area contributed by atoms with Gasteiger partial charge in [0.25, 0.3) is 11.8 Å². The number of aryl methyl sites for hydroxylation is 1. The molecule has 2 amide bonds. The van der Waals surface area contributed by atoms with Crippen LogP contribution in [-0.4, -0.2) is 16.8 Å². The zero-order valence-electron chi connectivity index (χ0n) is 15.3. The van der Waals surface area contributed by atoms with Crippen molar-refractivity contribution in [2.45, 2.75) is 13.3 Å². The number of nitrogens with one attached hydrogen (secondary N) is 2. The zero-order chi connectivity index (χ0) is 21.0. The summed E-state index contributed by atoms with van der Waals surface area (Å²) in [5.41, 5.74) is 0.798. The molecule has 0 radical (unpaired) electrons. The number of amides is 2. The summed E-state index contributed by atoms with van der Waals surface area (Å²) in [5.74, 6) is -6.00. The average Bonchev–Trinajstić information content (AvgIpc) is 2.74. The largest absolute Gasteiger partial charge is 0.320 e. The average molecular weight is 399 g/mol. The van der Waals surface area contributed by atoms with Crippen LogP contribution in [0.1, 0.15) is 33.5 Å². The van der Waals surface area contributed by atoms with Crippen LogP contribution in [0.25, 0.3) is 0 Å². The predicted molar refractivity (Wildman–Crippen MR) is 102 cm³/mol. The molecule has 0 aliphatic carbocycles. The minimum Gasteiger partial charge on any atom is -0.320 e. The lowest BCUT2D eigenvalue weighted by molar-refractivity contribution is 0.101. The summed E-state index contributed by atoms with van der Waals surface area (Å²) in [6.07, 6.45) is 0.714. The van der Waals surface area contributed by atoms with Gasteiger partial charge < -0.3 is 10.6 Å². The predicted octanol–water partition coefficient (Wildman–Crippen LogP) is 4.57. The molecule has 0 saturated heterocycles. The lowest BCUT2D eigenvalue weighted by Gasteiger charge is -2.10. The number of hydrogen-bond acceptors (Lipinski definition) is 3. The van der Waals surface area contributed by atoms with E-state index in [1.807, 2.05) is 19.1 Å². The van der Waals surface area contributed by atoms with Crippen LogP contribution in [0.5, 0.6) is 0 Å². The Labute approximate surface area is 164 Å². The molecule has 5 nitrogen and oxygen atoms in total. The molecule has 0 bridgehead atoms. The van der Waals surface area contributed by atoms with Crippen LogP contribution in [0.3, 0.4) is 0 Å². The number of pyridine rings is 1. The zero-order valence-corrected chi connectivity index (χ0v) is 15.3. The first-order valence-electron chi connectivity index (χ1n) is 8.72. The molecule has 3 aromatic rings. The van der Waals surface area contributed by atoms with Gasteiger partial charge in [0.1, 0.15) is 11.4 Å². The van der Waals surface area contributed by atoms with Gasteiger partial charge in [0, 0.05) is 5.69 Å². The summed E-state index contributed by atoms with van der Waals surface area (Å²) >= 11 is 0. The third-order valence-corrected chi connectivity index (χ3v) is 4.14. The molecule has 0 aliphatic heterocycles. The van der Waals surface area contributed by atoms with Crippen LogP contribution in [0.15, 0.2) is 54.6 Å². The van der Waals surface area contributed by atoms with Crippen molar-refractivity contribution >= 4 is 23.2 Å². The molecule has 2 N–H and O–H groups in total. The van der Waals surface area contributed by atoms with Crippen LogP contribution in [-0.2, 0) is 6.42 Å². The summed E-state index contributed by atoms with van der Waals surface area (Å²) in [6, 6.07) is 13.0. The number of halogens is 3. The number of anilines is 2. The number of rotatable bonds is 5. The van der Waals surface area contributed by atoms with E-state index in [0.717, 1.165) is 11.6 Å². The highest BCUT2D eigenvalue weighted by atomic mass is 19.2. The Kier molecular flexibility index (Phi) is 5.92. The smallest absolute Gasteiger partial charge is 0.274 e. The number of benzene rings is 2. The van der Waals surface area contributed by atoms with E-state index in [0.29, 0.717) is 18.2 Å². The van der Waals surface area contributed by atoms with Crippen molar-refractivity contribution in [2.24, 2.45) is 0 Å². The maximum Gasteiger partial charge on any atom is 0.274 e. The van der Waals surface area contributed by atoms with Gasteiger partial charge in [0.05, 0.1) is 5.69 Å². The molecule has 29 heavy (non-hydrogen) atoms. The summed E-state index contributed by atoms with van der Waals surface area (Å²) in [7, 11) is 0. The molecule has 0 spiro atoms. The lowest BCUT2D eigenvalue weighted by atomic mass is 10.1.